The molecule has 1 fully saturated rings. The highest BCUT2D eigenvalue weighted by Crippen LogP contribution is 2.27. The summed E-state index contributed by atoms with van der Waals surface area (Å²) < 4.78 is 47.0. The Bertz CT molecular complexity index is 1190. The van der Waals surface area contributed by atoms with Crippen LogP contribution in [-0.4, -0.2) is 36.2 Å². The van der Waals surface area contributed by atoms with Crippen molar-refractivity contribution in [1.29, 1.82) is 0 Å². The van der Waals surface area contributed by atoms with Gasteiger partial charge < -0.3 is 10.1 Å². The molecule has 1 atom stereocenters. The van der Waals surface area contributed by atoms with Crippen LogP contribution in [0.1, 0.15) is 18.4 Å². The van der Waals surface area contributed by atoms with Crippen LogP contribution in [-0.2, 0) is 21.4 Å². The van der Waals surface area contributed by atoms with Crippen molar-refractivity contribution < 1.29 is 22.3 Å². The zero-order chi connectivity index (χ0) is 22.6. The minimum atomic E-state index is -3.77. The minimum absolute atomic E-state index is 0.0454. The third-order valence-corrected chi connectivity index (χ3v) is 7.10. The lowest BCUT2D eigenvalue weighted by atomic mass is 10.2. The van der Waals surface area contributed by atoms with Gasteiger partial charge in [0.05, 0.1) is 11.1 Å². The van der Waals surface area contributed by atoms with Gasteiger partial charge in [-0.3, -0.25) is 9.78 Å². The fourth-order valence-corrected chi connectivity index (χ4v) is 5.27. The molecule has 4 rings (SSSR count). The van der Waals surface area contributed by atoms with Crippen molar-refractivity contribution in [3.8, 4) is 11.5 Å². The van der Waals surface area contributed by atoms with Crippen LogP contribution in [0, 0.1) is 5.82 Å². The van der Waals surface area contributed by atoms with Crippen molar-refractivity contribution in [2.45, 2.75) is 30.3 Å². The molecule has 1 N–H and O–H groups in total. The molecule has 0 aliphatic carbocycles. The number of nitrogens with zero attached hydrogens (tertiary/aromatic N) is 2. The van der Waals surface area contributed by atoms with Gasteiger partial charge in [0.1, 0.15) is 11.8 Å². The number of carbonyl (C=O) groups excluding carboxylic acids is 1. The van der Waals surface area contributed by atoms with E-state index in [0.717, 1.165) is 0 Å². The predicted octanol–water partition coefficient (Wildman–Crippen LogP) is 3.48. The Morgan fingerprint density at radius 1 is 1.16 bits per heavy atom. The van der Waals surface area contributed by atoms with Crippen molar-refractivity contribution in [1.82, 2.24) is 14.6 Å². The number of hydrogen-bond donors (Lipinski definition) is 1. The summed E-state index contributed by atoms with van der Waals surface area (Å²) in [6.07, 6.45) is 4.10. The van der Waals surface area contributed by atoms with Gasteiger partial charge in [0.2, 0.25) is 15.9 Å². The van der Waals surface area contributed by atoms with Gasteiger partial charge in [-0.2, -0.15) is 4.31 Å². The number of nitrogens with one attached hydrogen (secondary N) is 1. The van der Waals surface area contributed by atoms with Crippen molar-refractivity contribution in [2.24, 2.45) is 0 Å². The van der Waals surface area contributed by atoms with E-state index in [9.17, 15) is 17.6 Å². The number of benzene rings is 2. The Balaban J connectivity index is 1.40. The predicted molar refractivity (Wildman–Crippen MR) is 116 cm³/mol. The molecule has 2 aromatic carbocycles. The Morgan fingerprint density at radius 3 is 2.69 bits per heavy atom. The first-order chi connectivity index (χ1) is 15.4. The number of rotatable bonds is 7. The molecule has 1 aromatic heterocycles. The van der Waals surface area contributed by atoms with Gasteiger partial charge in [-0.05, 0) is 54.8 Å². The van der Waals surface area contributed by atoms with Crippen LogP contribution < -0.4 is 10.1 Å². The lowest BCUT2D eigenvalue weighted by Gasteiger charge is -2.23. The number of ether oxygens (including phenoxy) is 1. The number of sulfonamides is 1. The van der Waals surface area contributed by atoms with E-state index in [0.29, 0.717) is 24.2 Å². The molecular formula is C23H22FN3O4S. The normalized spacial score (nSPS) is 16.6. The number of aromatic nitrogens is 1. The molecule has 1 amide bonds. The molecule has 7 nitrogen and oxygen atoms in total. The largest absolute Gasteiger partial charge is 0.453 e. The van der Waals surface area contributed by atoms with E-state index >= 15 is 0 Å². The molecule has 9 heteroatoms. The number of amides is 1. The molecule has 0 spiro atoms. The van der Waals surface area contributed by atoms with Crippen molar-refractivity contribution >= 4 is 15.9 Å². The molecule has 1 unspecified atom stereocenters. The number of pyridine rings is 1. The van der Waals surface area contributed by atoms with Crippen LogP contribution >= 0.6 is 0 Å². The molecule has 2 heterocycles. The van der Waals surface area contributed by atoms with Gasteiger partial charge in [-0.1, -0.05) is 24.3 Å². The maximum absolute atomic E-state index is 14.4. The summed E-state index contributed by atoms with van der Waals surface area (Å²) in [5, 5.41) is 2.73. The lowest BCUT2D eigenvalue weighted by molar-refractivity contribution is -0.124. The molecule has 0 saturated carbocycles. The van der Waals surface area contributed by atoms with E-state index in [-0.39, 0.29) is 23.7 Å². The van der Waals surface area contributed by atoms with Gasteiger partial charge in [-0.15, -0.1) is 0 Å². The third kappa shape index (κ3) is 4.79. The zero-order valence-corrected chi connectivity index (χ0v) is 18.0. The molecule has 3 aromatic rings. The molecule has 0 radical (unpaired) electrons. The molecule has 1 aliphatic rings. The fraction of sp³-hybridized carbons (Fsp3) is 0.217. The average Bonchev–Trinajstić information content (AvgIpc) is 3.31. The van der Waals surface area contributed by atoms with Crippen molar-refractivity contribution in [3.63, 3.8) is 0 Å². The van der Waals surface area contributed by atoms with Crippen LogP contribution in [0.25, 0.3) is 0 Å². The lowest BCUT2D eigenvalue weighted by Crippen LogP contribution is -2.45. The number of hydrogen-bond acceptors (Lipinski definition) is 5. The van der Waals surface area contributed by atoms with E-state index in [2.05, 4.69) is 10.3 Å². The fourth-order valence-electron chi connectivity index (χ4n) is 3.60. The second kappa shape index (κ2) is 9.46. The first-order valence-electron chi connectivity index (χ1n) is 10.2. The Morgan fingerprint density at radius 2 is 1.97 bits per heavy atom. The summed E-state index contributed by atoms with van der Waals surface area (Å²) in [6.45, 7) is 0.350. The van der Waals surface area contributed by atoms with Crippen LogP contribution in [0.4, 0.5) is 4.39 Å². The Kier molecular flexibility index (Phi) is 6.48. The summed E-state index contributed by atoms with van der Waals surface area (Å²) in [5.74, 6) is -0.523. The standard InChI is InChI=1S/C23H22FN3O4S/c24-20-14-17(10-11-22(20)31-18-6-4-12-25-16-18)15-26-23(28)21-9-5-13-27(21)32(29,30)19-7-2-1-3-8-19/h1-4,6-8,10-12,14,16,21H,5,9,13,15H2,(H,26,28). The topological polar surface area (TPSA) is 88.6 Å². The van der Waals surface area contributed by atoms with Gasteiger partial charge >= 0.3 is 0 Å². The molecule has 1 saturated heterocycles. The zero-order valence-electron chi connectivity index (χ0n) is 17.1. The first-order valence-corrected chi connectivity index (χ1v) is 11.6. The second-order valence-electron chi connectivity index (χ2n) is 7.36. The Hall–Kier alpha value is -3.30. The van der Waals surface area contributed by atoms with Gasteiger partial charge in [-0.25, -0.2) is 12.8 Å². The van der Waals surface area contributed by atoms with Gasteiger partial charge in [0.15, 0.2) is 11.6 Å². The molecule has 1 aliphatic heterocycles. The average molecular weight is 456 g/mol. The Labute approximate surface area is 185 Å². The van der Waals surface area contributed by atoms with Crippen molar-refractivity contribution in [3.05, 3.63) is 84.4 Å². The summed E-state index contributed by atoms with van der Waals surface area (Å²) in [5.41, 5.74) is 0.532. The minimum Gasteiger partial charge on any atom is -0.453 e. The molecular weight excluding hydrogens is 433 g/mol. The highest BCUT2D eigenvalue weighted by molar-refractivity contribution is 7.89. The maximum atomic E-state index is 14.4. The number of carbonyl (C=O) groups is 1. The molecule has 32 heavy (non-hydrogen) atoms. The van der Waals surface area contributed by atoms with E-state index in [1.165, 1.54) is 34.8 Å². The molecule has 0 bridgehead atoms. The van der Waals surface area contributed by atoms with Crippen LogP contribution in [0.15, 0.2) is 78.0 Å². The monoisotopic (exact) mass is 455 g/mol. The van der Waals surface area contributed by atoms with E-state index in [4.69, 9.17) is 4.74 Å². The number of halogens is 1. The van der Waals surface area contributed by atoms with Crippen LogP contribution in [0.2, 0.25) is 0 Å². The van der Waals surface area contributed by atoms with Gasteiger partial charge in [0.25, 0.3) is 0 Å². The summed E-state index contributed by atoms with van der Waals surface area (Å²) in [4.78, 5) is 16.8. The van der Waals surface area contributed by atoms with E-state index in [1.807, 2.05) is 0 Å². The highest BCUT2D eigenvalue weighted by Gasteiger charge is 2.39. The first kappa shape index (κ1) is 21.9. The second-order valence-corrected chi connectivity index (χ2v) is 9.25. The van der Waals surface area contributed by atoms with Crippen LogP contribution in [0.3, 0.4) is 0 Å². The van der Waals surface area contributed by atoms with Crippen LogP contribution in [0.5, 0.6) is 11.5 Å². The smallest absolute Gasteiger partial charge is 0.243 e. The third-order valence-electron chi connectivity index (χ3n) is 5.18. The quantitative estimate of drug-likeness (QED) is 0.589. The van der Waals surface area contributed by atoms with E-state index in [1.54, 1.807) is 42.6 Å². The van der Waals surface area contributed by atoms with Crippen molar-refractivity contribution in [2.75, 3.05) is 6.54 Å². The summed E-state index contributed by atoms with van der Waals surface area (Å²) in [6, 6.07) is 15.0. The summed E-state index contributed by atoms with van der Waals surface area (Å²) in [7, 11) is -3.77. The SMILES string of the molecule is O=C(NCc1ccc(Oc2cccnc2)c(F)c1)C1CCCN1S(=O)(=O)c1ccccc1. The maximum Gasteiger partial charge on any atom is 0.243 e. The highest BCUT2D eigenvalue weighted by atomic mass is 32.2. The molecule has 166 valence electrons. The van der Waals surface area contributed by atoms with Gasteiger partial charge in [0, 0.05) is 19.3 Å². The summed E-state index contributed by atoms with van der Waals surface area (Å²) >= 11 is 0. The van der Waals surface area contributed by atoms with E-state index < -0.39 is 27.8 Å².